The van der Waals surface area contributed by atoms with E-state index in [0.717, 1.165) is 20.0 Å². The number of carbonyl (C=O) groups is 1. The molecule has 0 aliphatic carbocycles. The number of carbonyl (C=O) groups excluding carboxylic acids is 1. The highest BCUT2D eigenvalue weighted by molar-refractivity contribution is 7.54. The maximum atomic E-state index is 13.4. The average molecular weight is 377 g/mol. The molecular weight excluding hydrogens is 353 g/mol. The lowest BCUT2D eigenvalue weighted by Crippen LogP contribution is -2.18. The summed E-state index contributed by atoms with van der Waals surface area (Å²) in [7, 11) is -2.80. The SMILES string of the molecule is CCCCOP(=O)(C/C(=C/C(=O)OC)C(F)(F)Cl)OCCCC. The van der Waals surface area contributed by atoms with Gasteiger partial charge in [0.2, 0.25) is 0 Å². The third-order valence-corrected chi connectivity index (χ3v) is 4.92. The zero-order valence-corrected chi connectivity index (χ0v) is 15.3. The van der Waals surface area contributed by atoms with Crippen molar-refractivity contribution < 1.29 is 31.9 Å². The number of hydrogen-bond acceptors (Lipinski definition) is 5. The van der Waals surface area contributed by atoms with Crippen molar-refractivity contribution >= 4 is 25.2 Å². The summed E-state index contributed by atoms with van der Waals surface area (Å²) in [6.45, 7) is 4.03. The van der Waals surface area contributed by atoms with E-state index in [2.05, 4.69) is 4.74 Å². The number of esters is 1. The minimum absolute atomic E-state index is 0.110. The minimum Gasteiger partial charge on any atom is -0.466 e. The Morgan fingerprint density at radius 2 is 1.65 bits per heavy atom. The van der Waals surface area contributed by atoms with Gasteiger partial charge in [0.25, 0.3) is 0 Å². The van der Waals surface area contributed by atoms with Crippen LogP contribution in [0.3, 0.4) is 0 Å². The summed E-state index contributed by atoms with van der Waals surface area (Å²) in [6, 6.07) is 0. The van der Waals surface area contributed by atoms with Gasteiger partial charge in [-0.2, -0.15) is 8.78 Å². The van der Waals surface area contributed by atoms with E-state index in [1.165, 1.54) is 0 Å². The predicted molar refractivity (Wildman–Crippen MR) is 85.1 cm³/mol. The summed E-state index contributed by atoms with van der Waals surface area (Å²) in [4.78, 5) is 11.2. The topological polar surface area (TPSA) is 61.8 Å². The van der Waals surface area contributed by atoms with Crippen molar-refractivity contribution in [3.8, 4) is 0 Å². The van der Waals surface area contributed by atoms with Crippen LogP contribution in [0.4, 0.5) is 8.78 Å². The Balaban J connectivity index is 5.21. The van der Waals surface area contributed by atoms with Gasteiger partial charge in [-0.3, -0.25) is 4.57 Å². The van der Waals surface area contributed by atoms with E-state index < -0.39 is 30.7 Å². The third-order valence-electron chi connectivity index (χ3n) is 2.79. The van der Waals surface area contributed by atoms with E-state index in [9.17, 15) is 18.1 Å². The first-order valence-electron chi connectivity index (χ1n) is 7.42. The molecule has 5 nitrogen and oxygen atoms in total. The number of rotatable bonds is 12. The van der Waals surface area contributed by atoms with E-state index in [4.69, 9.17) is 20.6 Å². The molecule has 0 spiro atoms. The molecule has 0 aliphatic heterocycles. The molecule has 23 heavy (non-hydrogen) atoms. The molecule has 0 fully saturated rings. The molecule has 0 atom stereocenters. The van der Waals surface area contributed by atoms with E-state index >= 15 is 0 Å². The molecule has 0 aromatic rings. The molecule has 0 radical (unpaired) electrons. The van der Waals surface area contributed by atoms with Gasteiger partial charge in [0.05, 0.1) is 26.5 Å². The summed E-state index contributed by atoms with van der Waals surface area (Å²) in [5.41, 5.74) is -0.859. The van der Waals surface area contributed by atoms with Crippen LogP contribution in [0.2, 0.25) is 0 Å². The lowest BCUT2D eigenvalue weighted by atomic mass is 10.3. The van der Waals surface area contributed by atoms with Crippen LogP contribution < -0.4 is 0 Å². The zero-order chi connectivity index (χ0) is 17.9. The van der Waals surface area contributed by atoms with Gasteiger partial charge in [-0.25, -0.2) is 4.79 Å². The van der Waals surface area contributed by atoms with Gasteiger partial charge in [-0.15, -0.1) is 0 Å². The third kappa shape index (κ3) is 10.1. The summed E-state index contributed by atoms with van der Waals surface area (Å²) in [5, 5.41) is -3.86. The number of allylic oxidation sites excluding steroid dienone is 1. The molecule has 9 heteroatoms. The number of unbranched alkanes of at least 4 members (excludes halogenated alkanes) is 2. The summed E-state index contributed by atoms with van der Waals surface area (Å²) < 4.78 is 54.3. The molecule has 0 aromatic carbocycles. The van der Waals surface area contributed by atoms with Gasteiger partial charge in [-0.1, -0.05) is 26.7 Å². The van der Waals surface area contributed by atoms with Crippen molar-refractivity contribution in [3.63, 3.8) is 0 Å². The standard InChI is InChI=1S/C14H24ClF2O5P/c1-4-6-8-21-23(19,22-9-7-5-2)11-12(14(15,16)17)10-13(18)20-3/h10H,4-9,11H2,1-3H3/b12-10-. The van der Waals surface area contributed by atoms with E-state index in [-0.39, 0.29) is 13.2 Å². The summed E-state index contributed by atoms with van der Waals surface area (Å²) in [5.74, 6) is -1.02. The zero-order valence-electron chi connectivity index (χ0n) is 13.6. The van der Waals surface area contributed by atoms with E-state index in [0.29, 0.717) is 18.9 Å². The Morgan fingerprint density at radius 1 is 1.17 bits per heavy atom. The van der Waals surface area contributed by atoms with Crippen LogP contribution in [-0.2, 0) is 23.1 Å². The van der Waals surface area contributed by atoms with Gasteiger partial charge >= 0.3 is 18.9 Å². The molecule has 0 saturated carbocycles. The molecule has 0 aliphatic rings. The first-order chi connectivity index (χ1) is 10.7. The Hall–Kier alpha value is -0.490. The van der Waals surface area contributed by atoms with E-state index in [1.807, 2.05) is 13.8 Å². The Kier molecular flexibility index (Phi) is 10.9. The second-order valence-corrected chi connectivity index (χ2v) is 7.36. The van der Waals surface area contributed by atoms with Crippen molar-refractivity contribution in [2.24, 2.45) is 0 Å². The molecule has 0 amide bonds. The van der Waals surface area contributed by atoms with Crippen LogP contribution in [0.15, 0.2) is 11.6 Å². The molecule has 0 rings (SSSR count). The summed E-state index contributed by atoms with van der Waals surface area (Å²) in [6.07, 6.45) is 2.53. The molecule has 0 N–H and O–H groups in total. The highest BCUT2D eigenvalue weighted by Crippen LogP contribution is 2.52. The first kappa shape index (κ1) is 22.5. The van der Waals surface area contributed by atoms with Crippen molar-refractivity contribution in [2.75, 3.05) is 26.5 Å². The molecular formula is C14H24ClF2O5P. The highest BCUT2D eigenvalue weighted by atomic mass is 35.5. The van der Waals surface area contributed by atoms with Crippen LogP contribution in [-0.4, -0.2) is 37.8 Å². The molecule has 136 valence electrons. The van der Waals surface area contributed by atoms with Gasteiger partial charge in [0, 0.05) is 11.6 Å². The van der Waals surface area contributed by atoms with Gasteiger partial charge in [-0.05, 0) is 24.4 Å². The van der Waals surface area contributed by atoms with Crippen LogP contribution in [0.25, 0.3) is 0 Å². The molecule has 0 saturated heterocycles. The van der Waals surface area contributed by atoms with Crippen LogP contribution in [0, 0.1) is 0 Å². The maximum Gasteiger partial charge on any atom is 0.345 e. The van der Waals surface area contributed by atoms with E-state index in [1.54, 1.807) is 0 Å². The predicted octanol–water partition coefficient (Wildman–Crippen LogP) is 4.74. The Labute approximate surface area is 140 Å². The average Bonchev–Trinajstić information content (AvgIpc) is 2.46. The second-order valence-electron chi connectivity index (χ2n) is 4.83. The monoisotopic (exact) mass is 376 g/mol. The number of ether oxygens (including phenoxy) is 1. The summed E-state index contributed by atoms with van der Waals surface area (Å²) >= 11 is 4.99. The lowest BCUT2D eigenvalue weighted by Gasteiger charge is -2.21. The quantitative estimate of drug-likeness (QED) is 0.162. The normalized spacial score (nSPS) is 13.2. The lowest BCUT2D eigenvalue weighted by molar-refractivity contribution is -0.135. The Morgan fingerprint density at radius 3 is 2.00 bits per heavy atom. The van der Waals surface area contributed by atoms with Crippen LogP contribution in [0.1, 0.15) is 39.5 Å². The van der Waals surface area contributed by atoms with Crippen LogP contribution in [0.5, 0.6) is 0 Å². The number of hydrogen-bond donors (Lipinski definition) is 0. The fourth-order valence-electron chi connectivity index (χ4n) is 1.45. The van der Waals surface area contributed by atoms with Gasteiger partial charge in [0.1, 0.15) is 0 Å². The number of halogens is 3. The minimum atomic E-state index is -3.86. The largest absolute Gasteiger partial charge is 0.466 e. The van der Waals surface area contributed by atoms with Crippen molar-refractivity contribution in [3.05, 3.63) is 11.6 Å². The van der Waals surface area contributed by atoms with Crippen molar-refractivity contribution in [1.29, 1.82) is 0 Å². The number of methoxy groups -OCH3 is 1. The van der Waals surface area contributed by atoms with Gasteiger partial charge in [0.15, 0.2) is 0 Å². The fraction of sp³-hybridized carbons (Fsp3) is 0.786. The molecule has 0 heterocycles. The second kappa shape index (κ2) is 11.1. The number of alkyl halides is 3. The van der Waals surface area contributed by atoms with Crippen LogP contribution >= 0.6 is 19.2 Å². The maximum absolute atomic E-state index is 13.4. The van der Waals surface area contributed by atoms with Crippen molar-refractivity contribution in [1.82, 2.24) is 0 Å². The highest BCUT2D eigenvalue weighted by Gasteiger charge is 2.38. The first-order valence-corrected chi connectivity index (χ1v) is 9.53. The smallest absolute Gasteiger partial charge is 0.345 e. The Bertz CT molecular complexity index is 423. The molecule has 0 aromatic heterocycles. The molecule has 0 bridgehead atoms. The molecule has 0 unspecified atom stereocenters. The van der Waals surface area contributed by atoms with Gasteiger partial charge < -0.3 is 13.8 Å². The fourth-order valence-corrected chi connectivity index (χ4v) is 3.44. The van der Waals surface area contributed by atoms with Crippen molar-refractivity contribution in [2.45, 2.75) is 44.9 Å².